The number of fused-ring (bicyclic) bond motifs is 1. The second-order valence-corrected chi connectivity index (χ2v) is 7.24. The lowest BCUT2D eigenvalue weighted by molar-refractivity contribution is 0.212. The lowest BCUT2D eigenvalue weighted by atomic mass is 10.1. The van der Waals surface area contributed by atoms with Crippen molar-refractivity contribution in [1.29, 1.82) is 0 Å². The fourth-order valence-corrected chi connectivity index (χ4v) is 3.80. The molecule has 0 radical (unpaired) electrons. The van der Waals surface area contributed by atoms with Gasteiger partial charge in [-0.3, -0.25) is 4.68 Å². The van der Waals surface area contributed by atoms with Gasteiger partial charge in [0.2, 0.25) is 0 Å². The van der Waals surface area contributed by atoms with Crippen molar-refractivity contribution in [2.75, 3.05) is 30.8 Å². The highest BCUT2D eigenvalue weighted by Crippen LogP contribution is 2.23. The smallest absolute Gasteiger partial charge is 0.308 e. The van der Waals surface area contributed by atoms with Crippen molar-refractivity contribution in [1.82, 2.24) is 19.7 Å². The lowest BCUT2D eigenvalue weighted by Gasteiger charge is -2.28. The van der Waals surface area contributed by atoms with E-state index < -0.39 is 0 Å². The van der Waals surface area contributed by atoms with Gasteiger partial charge < -0.3 is 15.5 Å². The molecule has 0 atom stereocenters. The number of anilines is 2. The standard InChI is InChI=1S/C17H20N6OS/c1-22-6-4-14(5-7-22)23-10-13(9-19-23)21-17(24)20-12-2-3-15-16(8-12)25-11-18-15/h2-3,8-11,14H,4-7H2,1H3,(H2,20,21,24). The van der Waals surface area contributed by atoms with Crippen LogP contribution < -0.4 is 10.6 Å². The van der Waals surface area contributed by atoms with E-state index in [-0.39, 0.29) is 6.03 Å². The zero-order valence-corrected chi connectivity index (χ0v) is 14.8. The predicted molar refractivity (Wildman–Crippen MR) is 100 cm³/mol. The van der Waals surface area contributed by atoms with Crippen molar-refractivity contribution in [3.63, 3.8) is 0 Å². The molecule has 0 unspecified atom stereocenters. The van der Waals surface area contributed by atoms with Gasteiger partial charge in [0.15, 0.2) is 0 Å². The van der Waals surface area contributed by atoms with E-state index in [0.29, 0.717) is 11.7 Å². The molecule has 3 heterocycles. The van der Waals surface area contributed by atoms with Gasteiger partial charge in [0.25, 0.3) is 0 Å². The molecule has 25 heavy (non-hydrogen) atoms. The van der Waals surface area contributed by atoms with Gasteiger partial charge in [0.1, 0.15) is 0 Å². The summed E-state index contributed by atoms with van der Waals surface area (Å²) in [5.41, 5.74) is 4.19. The number of amides is 2. The number of aromatic nitrogens is 3. The molecule has 1 saturated heterocycles. The first-order valence-corrected chi connectivity index (χ1v) is 9.19. The monoisotopic (exact) mass is 356 g/mol. The van der Waals surface area contributed by atoms with Gasteiger partial charge in [0.05, 0.1) is 33.7 Å². The molecule has 3 aromatic rings. The maximum absolute atomic E-state index is 12.2. The van der Waals surface area contributed by atoms with Crippen LogP contribution in [0, 0.1) is 0 Å². The van der Waals surface area contributed by atoms with Crippen molar-refractivity contribution < 1.29 is 4.79 Å². The number of benzene rings is 1. The van der Waals surface area contributed by atoms with E-state index in [1.165, 1.54) is 0 Å². The number of piperidine rings is 1. The minimum atomic E-state index is -0.271. The Hall–Kier alpha value is -2.45. The van der Waals surface area contributed by atoms with Gasteiger partial charge in [-0.1, -0.05) is 0 Å². The number of thiazole rings is 1. The molecule has 7 nitrogen and oxygen atoms in total. The maximum atomic E-state index is 12.2. The molecule has 0 bridgehead atoms. The minimum Gasteiger partial charge on any atom is -0.308 e. The summed E-state index contributed by atoms with van der Waals surface area (Å²) in [5.74, 6) is 0. The van der Waals surface area contributed by atoms with Crippen LogP contribution in [-0.2, 0) is 0 Å². The summed E-state index contributed by atoms with van der Waals surface area (Å²) in [6, 6.07) is 5.81. The van der Waals surface area contributed by atoms with Crippen LogP contribution in [-0.4, -0.2) is 45.8 Å². The van der Waals surface area contributed by atoms with Crippen LogP contribution in [0.4, 0.5) is 16.2 Å². The van der Waals surface area contributed by atoms with Crippen molar-refractivity contribution in [3.05, 3.63) is 36.1 Å². The van der Waals surface area contributed by atoms with E-state index in [9.17, 15) is 4.79 Å². The van der Waals surface area contributed by atoms with Crippen LogP contribution in [0.1, 0.15) is 18.9 Å². The van der Waals surface area contributed by atoms with Crippen LogP contribution in [0.25, 0.3) is 10.2 Å². The first-order chi connectivity index (χ1) is 12.2. The zero-order chi connectivity index (χ0) is 17.2. The van der Waals surface area contributed by atoms with Crippen LogP contribution in [0.5, 0.6) is 0 Å². The average molecular weight is 356 g/mol. The van der Waals surface area contributed by atoms with Crippen LogP contribution >= 0.6 is 11.3 Å². The first kappa shape index (κ1) is 16.0. The van der Waals surface area contributed by atoms with E-state index in [1.54, 1.807) is 23.0 Å². The molecule has 0 saturated carbocycles. The Kier molecular flexibility index (Phi) is 4.37. The molecule has 1 fully saturated rings. The Morgan fingerprint density at radius 2 is 2.04 bits per heavy atom. The third-order valence-electron chi connectivity index (χ3n) is 4.51. The third kappa shape index (κ3) is 3.64. The van der Waals surface area contributed by atoms with Crippen LogP contribution in [0.2, 0.25) is 0 Å². The van der Waals surface area contributed by atoms with Gasteiger partial charge in [-0.15, -0.1) is 11.3 Å². The number of nitrogens with zero attached hydrogens (tertiary/aromatic N) is 4. The lowest BCUT2D eigenvalue weighted by Crippen LogP contribution is -2.31. The molecular weight excluding hydrogens is 336 g/mol. The van der Waals surface area contributed by atoms with Crippen molar-refractivity contribution in [2.45, 2.75) is 18.9 Å². The molecule has 2 aromatic heterocycles. The average Bonchev–Trinajstić information content (AvgIpc) is 3.24. The molecule has 130 valence electrons. The number of hydrogen-bond donors (Lipinski definition) is 2. The molecule has 2 amide bonds. The summed E-state index contributed by atoms with van der Waals surface area (Å²) in [5, 5.41) is 10.1. The Bertz CT molecular complexity index is 880. The first-order valence-electron chi connectivity index (χ1n) is 8.31. The third-order valence-corrected chi connectivity index (χ3v) is 5.30. The molecule has 8 heteroatoms. The highest BCUT2D eigenvalue weighted by molar-refractivity contribution is 7.16. The van der Waals surface area contributed by atoms with Crippen molar-refractivity contribution >= 4 is 39.0 Å². The summed E-state index contributed by atoms with van der Waals surface area (Å²) < 4.78 is 3.01. The molecule has 1 aromatic carbocycles. The molecule has 0 aliphatic carbocycles. The van der Waals surface area contributed by atoms with Gasteiger partial charge in [-0.2, -0.15) is 5.10 Å². The van der Waals surface area contributed by atoms with E-state index in [0.717, 1.165) is 41.8 Å². The SMILES string of the molecule is CN1CCC(n2cc(NC(=O)Nc3ccc4ncsc4c3)cn2)CC1. The Labute approximate surface area is 149 Å². The molecule has 1 aliphatic rings. The normalized spacial score (nSPS) is 16.2. The number of hydrogen-bond acceptors (Lipinski definition) is 5. The van der Waals surface area contributed by atoms with Gasteiger partial charge >= 0.3 is 6.03 Å². The van der Waals surface area contributed by atoms with E-state index in [1.807, 2.05) is 29.1 Å². The quantitative estimate of drug-likeness (QED) is 0.754. The molecular formula is C17H20N6OS. The Morgan fingerprint density at radius 1 is 1.24 bits per heavy atom. The van der Waals surface area contributed by atoms with Crippen molar-refractivity contribution in [3.8, 4) is 0 Å². The summed E-state index contributed by atoms with van der Waals surface area (Å²) in [4.78, 5) is 18.8. The van der Waals surface area contributed by atoms with E-state index in [2.05, 4.69) is 32.7 Å². The van der Waals surface area contributed by atoms with Crippen LogP contribution in [0.15, 0.2) is 36.1 Å². The molecule has 2 N–H and O–H groups in total. The number of urea groups is 1. The zero-order valence-electron chi connectivity index (χ0n) is 14.0. The summed E-state index contributed by atoms with van der Waals surface area (Å²) in [6.07, 6.45) is 5.77. The van der Waals surface area contributed by atoms with E-state index in [4.69, 9.17) is 0 Å². The number of carbonyl (C=O) groups is 1. The second-order valence-electron chi connectivity index (χ2n) is 6.36. The Morgan fingerprint density at radius 3 is 2.88 bits per heavy atom. The summed E-state index contributed by atoms with van der Waals surface area (Å²) in [6.45, 7) is 2.15. The molecule has 1 aliphatic heterocycles. The highest BCUT2D eigenvalue weighted by Gasteiger charge is 2.19. The molecule has 0 spiro atoms. The van der Waals surface area contributed by atoms with Gasteiger partial charge in [-0.05, 0) is 51.2 Å². The minimum absolute atomic E-state index is 0.271. The fraction of sp³-hybridized carbons (Fsp3) is 0.353. The fourth-order valence-electron chi connectivity index (χ4n) is 3.09. The van der Waals surface area contributed by atoms with E-state index >= 15 is 0 Å². The summed E-state index contributed by atoms with van der Waals surface area (Å²) >= 11 is 1.55. The number of likely N-dealkylation sites (tertiary alicyclic amines) is 1. The number of rotatable bonds is 3. The highest BCUT2D eigenvalue weighted by atomic mass is 32.1. The topological polar surface area (TPSA) is 75.1 Å². The predicted octanol–water partition coefficient (Wildman–Crippen LogP) is 3.40. The molecule has 4 rings (SSSR count). The maximum Gasteiger partial charge on any atom is 0.323 e. The summed E-state index contributed by atoms with van der Waals surface area (Å²) in [7, 11) is 2.14. The van der Waals surface area contributed by atoms with Gasteiger partial charge in [-0.25, -0.2) is 9.78 Å². The van der Waals surface area contributed by atoms with Crippen molar-refractivity contribution in [2.24, 2.45) is 0 Å². The van der Waals surface area contributed by atoms with Gasteiger partial charge in [0, 0.05) is 11.9 Å². The Balaban J connectivity index is 1.37. The second kappa shape index (κ2) is 6.81. The largest absolute Gasteiger partial charge is 0.323 e. The number of carbonyl (C=O) groups excluding carboxylic acids is 1. The number of nitrogens with one attached hydrogen (secondary N) is 2. The van der Waals surface area contributed by atoms with Crippen LogP contribution in [0.3, 0.4) is 0 Å².